The van der Waals surface area contributed by atoms with E-state index < -0.39 is 0 Å². The molecule has 1 atom stereocenters. The van der Waals surface area contributed by atoms with Crippen LogP contribution in [0.25, 0.3) is 0 Å². The van der Waals surface area contributed by atoms with Gasteiger partial charge >= 0.3 is 0 Å². The molecular formula is C12H16FNO. The van der Waals surface area contributed by atoms with Gasteiger partial charge in [-0.15, -0.1) is 0 Å². The maximum atomic E-state index is 13.1. The zero-order valence-electron chi connectivity index (χ0n) is 8.71. The quantitative estimate of drug-likeness (QED) is 0.821. The Hall–Kier alpha value is -1.09. The molecule has 1 aliphatic rings. The summed E-state index contributed by atoms with van der Waals surface area (Å²) in [7, 11) is 0. The summed E-state index contributed by atoms with van der Waals surface area (Å²) < 4.78 is 18.5. The van der Waals surface area contributed by atoms with Crippen molar-refractivity contribution in [1.29, 1.82) is 0 Å². The monoisotopic (exact) mass is 209 g/mol. The Bertz CT molecular complexity index is 310. The number of para-hydroxylation sites is 1. The Morgan fingerprint density at radius 2 is 2.27 bits per heavy atom. The molecule has 0 aromatic heterocycles. The summed E-state index contributed by atoms with van der Waals surface area (Å²) in [4.78, 5) is 0. The summed E-state index contributed by atoms with van der Waals surface area (Å²) in [5.74, 6) is 0.0763. The fraction of sp³-hybridized carbons (Fsp3) is 0.500. The van der Waals surface area contributed by atoms with Crippen molar-refractivity contribution in [3.63, 3.8) is 0 Å². The second-order valence-corrected chi connectivity index (χ2v) is 3.86. The number of halogens is 1. The molecule has 1 aromatic carbocycles. The van der Waals surface area contributed by atoms with Gasteiger partial charge in [-0.25, -0.2) is 4.39 Å². The largest absolute Gasteiger partial charge is 0.490 e. The van der Waals surface area contributed by atoms with Crippen LogP contribution in [0.2, 0.25) is 0 Å². The Kier molecular flexibility index (Phi) is 3.56. The maximum Gasteiger partial charge on any atom is 0.165 e. The third-order valence-electron chi connectivity index (χ3n) is 2.72. The first-order valence-corrected chi connectivity index (χ1v) is 5.47. The highest BCUT2D eigenvalue weighted by Crippen LogP contribution is 2.16. The summed E-state index contributed by atoms with van der Waals surface area (Å²) >= 11 is 0. The van der Waals surface area contributed by atoms with Crippen molar-refractivity contribution in [3.05, 3.63) is 30.1 Å². The summed E-state index contributed by atoms with van der Waals surface area (Å²) in [6.45, 7) is 1.68. The van der Waals surface area contributed by atoms with E-state index >= 15 is 0 Å². The molecule has 1 unspecified atom stereocenters. The Morgan fingerprint density at radius 3 is 3.00 bits per heavy atom. The number of nitrogens with one attached hydrogen (secondary N) is 1. The predicted molar refractivity (Wildman–Crippen MR) is 57.5 cm³/mol. The van der Waals surface area contributed by atoms with E-state index in [2.05, 4.69) is 5.32 Å². The van der Waals surface area contributed by atoms with Crippen LogP contribution in [-0.2, 0) is 0 Å². The van der Waals surface area contributed by atoms with Gasteiger partial charge in [0.05, 0.1) is 6.61 Å². The first-order chi connectivity index (χ1) is 7.36. The molecule has 2 rings (SSSR count). The van der Waals surface area contributed by atoms with Crippen molar-refractivity contribution in [2.24, 2.45) is 0 Å². The Labute approximate surface area is 89.4 Å². The van der Waals surface area contributed by atoms with Crippen molar-refractivity contribution < 1.29 is 9.13 Å². The van der Waals surface area contributed by atoms with Crippen LogP contribution in [0.5, 0.6) is 5.75 Å². The van der Waals surface area contributed by atoms with E-state index in [0.29, 0.717) is 18.4 Å². The van der Waals surface area contributed by atoms with Crippen LogP contribution in [0.15, 0.2) is 24.3 Å². The van der Waals surface area contributed by atoms with Crippen LogP contribution >= 0.6 is 0 Å². The minimum absolute atomic E-state index is 0.281. The number of ether oxygens (including phenoxy) is 1. The van der Waals surface area contributed by atoms with Gasteiger partial charge in [0.25, 0.3) is 0 Å². The van der Waals surface area contributed by atoms with Gasteiger partial charge in [0.2, 0.25) is 0 Å². The van der Waals surface area contributed by atoms with Crippen LogP contribution in [0.3, 0.4) is 0 Å². The summed E-state index contributed by atoms with van der Waals surface area (Å²) in [6, 6.07) is 7.09. The number of hydrogen-bond acceptors (Lipinski definition) is 2. The topological polar surface area (TPSA) is 21.3 Å². The van der Waals surface area contributed by atoms with Gasteiger partial charge in [0, 0.05) is 6.04 Å². The van der Waals surface area contributed by atoms with Gasteiger partial charge in [-0.2, -0.15) is 0 Å². The van der Waals surface area contributed by atoms with Gasteiger partial charge < -0.3 is 10.1 Å². The predicted octanol–water partition coefficient (Wildman–Crippen LogP) is 2.35. The molecule has 1 saturated heterocycles. The van der Waals surface area contributed by atoms with E-state index in [1.165, 1.54) is 18.9 Å². The molecule has 1 aromatic rings. The number of benzene rings is 1. The molecule has 1 fully saturated rings. The average molecular weight is 209 g/mol. The fourth-order valence-corrected chi connectivity index (χ4v) is 1.88. The second kappa shape index (κ2) is 5.12. The minimum atomic E-state index is -0.281. The first kappa shape index (κ1) is 10.4. The van der Waals surface area contributed by atoms with Gasteiger partial charge in [-0.05, 0) is 37.9 Å². The lowest BCUT2D eigenvalue weighted by Gasteiger charge is -2.11. The molecule has 0 radical (unpaired) electrons. The lowest BCUT2D eigenvalue weighted by Crippen LogP contribution is -2.23. The molecule has 82 valence electrons. The normalized spacial score (nSPS) is 20.5. The number of hydrogen-bond donors (Lipinski definition) is 1. The van der Waals surface area contributed by atoms with E-state index in [1.807, 2.05) is 0 Å². The van der Waals surface area contributed by atoms with E-state index in [4.69, 9.17) is 4.74 Å². The highest BCUT2D eigenvalue weighted by Gasteiger charge is 2.13. The standard InChI is InChI=1S/C12H16FNO/c13-11-5-1-2-6-12(11)15-9-7-10-4-3-8-14-10/h1-2,5-6,10,14H,3-4,7-9H2. The second-order valence-electron chi connectivity index (χ2n) is 3.86. The third kappa shape index (κ3) is 2.93. The Balaban J connectivity index is 1.75. The van der Waals surface area contributed by atoms with E-state index in [9.17, 15) is 4.39 Å². The molecule has 0 amide bonds. The summed E-state index contributed by atoms with van der Waals surface area (Å²) in [5, 5.41) is 3.38. The van der Waals surface area contributed by atoms with Crippen molar-refractivity contribution in [1.82, 2.24) is 5.32 Å². The van der Waals surface area contributed by atoms with Crippen LogP contribution in [0, 0.1) is 5.82 Å². The smallest absolute Gasteiger partial charge is 0.165 e. The molecule has 0 saturated carbocycles. The lowest BCUT2D eigenvalue weighted by atomic mass is 10.2. The minimum Gasteiger partial charge on any atom is -0.490 e. The lowest BCUT2D eigenvalue weighted by molar-refractivity contribution is 0.279. The molecule has 1 heterocycles. The van der Waals surface area contributed by atoms with E-state index in [1.54, 1.807) is 18.2 Å². The zero-order chi connectivity index (χ0) is 10.5. The third-order valence-corrected chi connectivity index (χ3v) is 2.72. The highest BCUT2D eigenvalue weighted by atomic mass is 19.1. The van der Waals surface area contributed by atoms with Gasteiger partial charge in [-0.3, -0.25) is 0 Å². The molecular weight excluding hydrogens is 193 g/mol. The average Bonchev–Trinajstić information content (AvgIpc) is 2.74. The molecule has 0 aliphatic carbocycles. The van der Waals surface area contributed by atoms with Gasteiger partial charge in [0.1, 0.15) is 0 Å². The maximum absolute atomic E-state index is 13.1. The molecule has 3 heteroatoms. The summed E-state index contributed by atoms with van der Waals surface area (Å²) in [5.41, 5.74) is 0. The van der Waals surface area contributed by atoms with Crippen LogP contribution < -0.4 is 10.1 Å². The SMILES string of the molecule is Fc1ccccc1OCCC1CCCN1. The zero-order valence-corrected chi connectivity index (χ0v) is 8.71. The van der Waals surface area contributed by atoms with Crippen molar-refractivity contribution >= 4 is 0 Å². The molecule has 0 spiro atoms. The van der Waals surface area contributed by atoms with Crippen LogP contribution in [0.4, 0.5) is 4.39 Å². The first-order valence-electron chi connectivity index (χ1n) is 5.47. The highest BCUT2D eigenvalue weighted by molar-refractivity contribution is 5.23. The van der Waals surface area contributed by atoms with Crippen LogP contribution in [0.1, 0.15) is 19.3 Å². The molecule has 1 aliphatic heterocycles. The summed E-state index contributed by atoms with van der Waals surface area (Å²) in [6.07, 6.45) is 3.40. The van der Waals surface area contributed by atoms with E-state index in [-0.39, 0.29) is 5.82 Å². The van der Waals surface area contributed by atoms with Crippen molar-refractivity contribution in [3.8, 4) is 5.75 Å². The molecule has 1 N–H and O–H groups in total. The van der Waals surface area contributed by atoms with Gasteiger partial charge in [0.15, 0.2) is 11.6 Å². The number of rotatable bonds is 4. The van der Waals surface area contributed by atoms with E-state index in [0.717, 1.165) is 13.0 Å². The van der Waals surface area contributed by atoms with Crippen molar-refractivity contribution in [2.75, 3.05) is 13.2 Å². The molecule has 2 nitrogen and oxygen atoms in total. The Morgan fingerprint density at radius 1 is 1.40 bits per heavy atom. The van der Waals surface area contributed by atoms with Crippen LogP contribution in [-0.4, -0.2) is 19.2 Å². The van der Waals surface area contributed by atoms with Crippen molar-refractivity contribution in [2.45, 2.75) is 25.3 Å². The fourth-order valence-electron chi connectivity index (χ4n) is 1.88. The van der Waals surface area contributed by atoms with Gasteiger partial charge in [-0.1, -0.05) is 12.1 Å². The molecule has 0 bridgehead atoms. The molecule has 15 heavy (non-hydrogen) atoms.